The van der Waals surface area contributed by atoms with E-state index in [-0.39, 0.29) is 0 Å². The third-order valence-corrected chi connectivity index (χ3v) is 4.69. The van der Waals surface area contributed by atoms with Gasteiger partial charge in [-0.1, -0.05) is 0 Å². The Labute approximate surface area is 111 Å². The molecule has 2 aromatic rings. The molecule has 1 unspecified atom stereocenters. The maximum atomic E-state index is 4.27. The monoisotopic (exact) mass is 266 g/mol. The lowest BCUT2D eigenvalue weighted by molar-refractivity contribution is 0.578. The summed E-state index contributed by atoms with van der Waals surface area (Å²) in [6, 6.07) is 2.69. The van der Waals surface area contributed by atoms with Gasteiger partial charge in [0.15, 0.2) is 0 Å². The molecular formula is C13H18N2S2. The Hall–Kier alpha value is -0.710. The molecule has 0 aliphatic rings. The summed E-state index contributed by atoms with van der Waals surface area (Å²) in [5.74, 6) is 0. The van der Waals surface area contributed by atoms with Gasteiger partial charge >= 0.3 is 0 Å². The summed E-state index contributed by atoms with van der Waals surface area (Å²) in [6.07, 6.45) is 1.96. The molecule has 1 atom stereocenters. The van der Waals surface area contributed by atoms with E-state index in [9.17, 15) is 0 Å². The fourth-order valence-electron chi connectivity index (χ4n) is 1.93. The molecule has 1 N–H and O–H groups in total. The van der Waals surface area contributed by atoms with Crippen molar-refractivity contribution in [2.75, 3.05) is 0 Å². The minimum atomic E-state index is 0.405. The van der Waals surface area contributed by atoms with Crippen LogP contribution in [-0.2, 0) is 6.54 Å². The number of nitrogens with one attached hydrogen (secondary N) is 1. The minimum absolute atomic E-state index is 0.405. The van der Waals surface area contributed by atoms with Crippen molar-refractivity contribution in [3.8, 4) is 0 Å². The zero-order valence-electron chi connectivity index (χ0n) is 10.7. The maximum Gasteiger partial charge on any atom is 0.0897 e. The Balaban J connectivity index is 1.97. The van der Waals surface area contributed by atoms with Crippen LogP contribution in [0.4, 0.5) is 0 Å². The largest absolute Gasteiger partial charge is 0.305 e. The molecule has 0 amide bonds. The zero-order chi connectivity index (χ0) is 12.4. The van der Waals surface area contributed by atoms with Gasteiger partial charge in [0.05, 0.1) is 5.01 Å². The molecule has 2 nitrogen and oxygen atoms in total. The third kappa shape index (κ3) is 3.15. The average Bonchev–Trinajstić information content (AvgIpc) is 2.81. The first-order valence-electron chi connectivity index (χ1n) is 5.78. The van der Waals surface area contributed by atoms with Crippen LogP contribution in [0.1, 0.15) is 38.2 Å². The first-order chi connectivity index (χ1) is 8.06. The number of hydrogen-bond donors (Lipinski definition) is 1. The second-order valence-electron chi connectivity index (χ2n) is 4.32. The molecule has 92 valence electrons. The molecule has 17 heavy (non-hydrogen) atoms. The van der Waals surface area contributed by atoms with E-state index in [1.165, 1.54) is 20.2 Å². The van der Waals surface area contributed by atoms with Gasteiger partial charge in [0.25, 0.3) is 0 Å². The molecule has 0 saturated carbocycles. The molecule has 4 heteroatoms. The van der Waals surface area contributed by atoms with E-state index in [1.54, 1.807) is 11.3 Å². The molecule has 0 spiro atoms. The van der Waals surface area contributed by atoms with E-state index in [0.717, 1.165) is 11.6 Å². The normalized spacial score (nSPS) is 12.9. The smallest absolute Gasteiger partial charge is 0.0897 e. The Morgan fingerprint density at radius 1 is 1.29 bits per heavy atom. The summed E-state index contributed by atoms with van der Waals surface area (Å²) in [7, 11) is 0. The van der Waals surface area contributed by atoms with Gasteiger partial charge < -0.3 is 5.32 Å². The highest BCUT2D eigenvalue weighted by molar-refractivity contribution is 7.12. The summed E-state index contributed by atoms with van der Waals surface area (Å²) in [5, 5.41) is 4.70. The highest BCUT2D eigenvalue weighted by atomic mass is 32.1. The number of aryl methyl sites for hydroxylation is 3. The second-order valence-corrected chi connectivity index (χ2v) is 7.10. The molecule has 0 aromatic carbocycles. The number of nitrogens with zero attached hydrogens (tertiary/aromatic N) is 1. The molecule has 0 aliphatic heterocycles. The van der Waals surface area contributed by atoms with Gasteiger partial charge in [-0.25, -0.2) is 4.98 Å². The van der Waals surface area contributed by atoms with Gasteiger partial charge in [-0.05, 0) is 39.3 Å². The van der Waals surface area contributed by atoms with Gasteiger partial charge in [0.1, 0.15) is 0 Å². The Morgan fingerprint density at radius 3 is 2.59 bits per heavy atom. The molecule has 0 bridgehead atoms. The Morgan fingerprint density at radius 2 is 2.06 bits per heavy atom. The van der Waals surface area contributed by atoms with E-state index in [4.69, 9.17) is 0 Å². The van der Waals surface area contributed by atoms with Crippen molar-refractivity contribution >= 4 is 22.7 Å². The lowest BCUT2D eigenvalue weighted by Gasteiger charge is -2.12. The summed E-state index contributed by atoms with van der Waals surface area (Å²) < 4.78 is 0. The van der Waals surface area contributed by atoms with Gasteiger partial charge in [-0.2, -0.15) is 0 Å². The van der Waals surface area contributed by atoms with Crippen molar-refractivity contribution in [1.29, 1.82) is 0 Å². The predicted octanol–water partition coefficient (Wildman–Crippen LogP) is 3.98. The standard InChI is InChI=1S/C13H18N2S2/c1-8-5-13(10(3)16-8)9(2)14-6-12-7-15-11(4)17-12/h5,7,9,14H,6H2,1-4H3. The zero-order valence-corrected chi connectivity index (χ0v) is 12.3. The summed E-state index contributed by atoms with van der Waals surface area (Å²) >= 11 is 3.64. The van der Waals surface area contributed by atoms with Gasteiger partial charge in [-0.3, -0.25) is 0 Å². The molecule has 0 radical (unpaired) electrons. The second kappa shape index (κ2) is 5.29. The average molecular weight is 266 g/mol. The number of thiophene rings is 1. The molecule has 0 aliphatic carbocycles. The van der Waals surface area contributed by atoms with E-state index in [0.29, 0.717) is 6.04 Å². The van der Waals surface area contributed by atoms with E-state index in [2.05, 4.69) is 37.1 Å². The lowest BCUT2D eigenvalue weighted by atomic mass is 10.1. The van der Waals surface area contributed by atoms with Crippen molar-refractivity contribution in [1.82, 2.24) is 10.3 Å². The van der Waals surface area contributed by atoms with Crippen LogP contribution in [-0.4, -0.2) is 4.98 Å². The van der Waals surface area contributed by atoms with Crippen molar-refractivity contribution in [2.45, 2.75) is 40.3 Å². The van der Waals surface area contributed by atoms with Crippen LogP contribution in [0.2, 0.25) is 0 Å². The topological polar surface area (TPSA) is 24.9 Å². The fourth-order valence-corrected chi connectivity index (χ4v) is 3.70. The Bertz CT molecular complexity index is 499. The van der Waals surface area contributed by atoms with Crippen LogP contribution >= 0.6 is 22.7 Å². The number of aromatic nitrogens is 1. The first-order valence-corrected chi connectivity index (χ1v) is 7.41. The van der Waals surface area contributed by atoms with Crippen LogP contribution in [0.3, 0.4) is 0 Å². The van der Waals surface area contributed by atoms with E-state index < -0.39 is 0 Å². The molecule has 0 fully saturated rings. The van der Waals surface area contributed by atoms with E-state index >= 15 is 0 Å². The highest BCUT2D eigenvalue weighted by Gasteiger charge is 2.11. The summed E-state index contributed by atoms with van der Waals surface area (Å²) in [6.45, 7) is 9.54. The fraction of sp³-hybridized carbons (Fsp3) is 0.462. The van der Waals surface area contributed by atoms with Crippen molar-refractivity contribution in [2.24, 2.45) is 0 Å². The summed E-state index contributed by atoms with van der Waals surface area (Å²) in [5.41, 5.74) is 1.42. The van der Waals surface area contributed by atoms with Crippen LogP contribution in [0.5, 0.6) is 0 Å². The van der Waals surface area contributed by atoms with Crippen LogP contribution in [0, 0.1) is 20.8 Å². The van der Waals surface area contributed by atoms with Gasteiger partial charge in [0, 0.05) is 33.4 Å². The molecular weight excluding hydrogens is 248 g/mol. The summed E-state index contributed by atoms with van der Waals surface area (Å²) in [4.78, 5) is 8.38. The number of hydrogen-bond acceptors (Lipinski definition) is 4. The van der Waals surface area contributed by atoms with Crippen LogP contribution < -0.4 is 5.32 Å². The molecule has 2 heterocycles. The van der Waals surface area contributed by atoms with Crippen molar-refractivity contribution in [3.63, 3.8) is 0 Å². The number of thiazole rings is 1. The molecule has 2 rings (SSSR count). The SMILES string of the molecule is Cc1cc(C(C)NCc2cnc(C)s2)c(C)s1. The van der Waals surface area contributed by atoms with Crippen LogP contribution in [0.15, 0.2) is 12.3 Å². The predicted molar refractivity (Wildman–Crippen MR) is 75.9 cm³/mol. The maximum absolute atomic E-state index is 4.27. The van der Waals surface area contributed by atoms with E-state index in [1.807, 2.05) is 24.5 Å². The first kappa shape index (κ1) is 12.7. The minimum Gasteiger partial charge on any atom is -0.305 e. The van der Waals surface area contributed by atoms with Crippen molar-refractivity contribution in [3.05, 3.63) is 37.5 Å². The van der Waals surface area contributed by atoms with Crippen LogP contribution in [0.25, 0.3) is 0 Å². The quantitative estimate of drug-likeness (QED) is 0.905. The number of rotatable bonds is 4. The molecule has 2 aromatic heterocycles. The van der Waals surface area contributed by atoms with Gasteiger partial charge in [0.2, 0.25) is 0 Å². The third-order valence-electron chi connectivity index (χ3n) is 2.80. The van der Waals surface area contributed by atoms with Crippen molar-refractivity contribution < 1.29 is 0 Å². The van der Waals surface area contributed by atoms with Gasteiger partial charge in [-0.15, -0.1) is 22.7 Å². The lowest BCUT2D eigenvalue weighted by Crippen LogP contribution is -2.17. The Kier molecular flexibility index (Phi) is 3.97. The highest BCUT2D eigenvalue weighted by Crippen LogP contribution is 2.26. The molecule has 0 saturated heterocycles.